The van der Waals surface area contributed by atoms with Gasteiger partial charge in [0.25, 0.3) is 0 Å². The smallest absolute Gasteiger partial charge is 0.231 e. The molecule has 1 amide bonds. The van der Waals surface area contributed by atoms with Gasteiger partial charge in [-0.25, -0.2) is 0 Å². The third-order valence-corrected chi connectivity index (χ3v) is 3.49. The molecule has 0 saturated heterocycles. The van der Waals surface area contributed by atoms with Crippen molar-refractivity contribution in [2.24, 2.45) is 5.73 Å². The van der Waals surface area contributed by atoms with Gasteiger partial charge < -0.3 is 20.5 Å². The average molecular weight is 315 g/mol. The number of nitrogens with one attached hydrogen (secondary N) is 1. The maximum Gasteiger partial charge on any atom is 0.231 e. The lowest BCUT2D eigenvalue weighted by atomic mass is 9.84. The molecule has 0 aliphatic carbocycles. The minimum atomic E-state index is -0.167. The van der Waals surface area contributed by atoms with Crippen molar-refractivity contribution in [2.75, 3.05) is 19.9 Å². The number of carbonyl (C=O) groups excluding carboxylic acids is 1. The molecule has 1 heterocycles. The van der Waals surface area contributed by atoms with E-state index in [1.807, 2.05) is 18.2 Å². The molecule has 118 valence electrons. The number of halogens is 1. The van der Waals surface area contributed by atoms with Gasteiger partial charge in [0.15, 0.2) is 11.5 Å². The minimum absolute atomic E-state index is 0. The lowest BCUT2D eigenvalue weighted by Crippen LogP contribution is -2.36. The number of benzene rings is 1. The molecule has 0 aromatic heterocycles. The molecule has 1 aromatic carbocycles. The SMILES string of the molecule is CC(C)(CNC(=O)CCCN)c1ccc2c(c1)OCO2.Cl. The van der Waals surface area contributed by atoms with Crippen molar-refractivity contribution in [3.05, 3.63) is 23.8 Å². The molecule has 1 aliphatic rings. The van der Waals surface area contributed by atoms with E-state index in [1.54, 1.807) is 0 Å². The summed E-state index contributed by atoms with van der Waals surface area (Å²) >= 11 is 0. The van der Waals surface area contributed by atoms with E-state index in [-0.39, 0.29) is 30.5 Å². The number of nitrogens with two attached hydrogens (primary N) is 1. The number of ether oxygens (including phenoxy) is 2. The lowest BCUT2D eigenvalue weighted by Gasteiger charge is -2.26. The number of amides is 1. The van der Waals surface area contributed by atoms with E-state index in [0.717, 1.165) is 23.5 Å². The Kier molecular flexibility index (Phi) is 6.30. The van der Waals surface area contributed by atoms with Crippen molar-refractivity contribution in [3.8, 4) is 11.5 Å². The molecular formula is C15H23ClN2O3. The molecule has 0 atom stereocenters. The van der Waals surface area contributed by atoms with Crippen molar-refractivity contribution in [1.29, 1.82) is 0 Å². The summed E-state index contributed by atoms with van der Waals surface area (Å²) < 4.78 is 10.7. The second-order valence-electron chi connectivity index (χ2n) is 5.62. The number of hydrogen-bond acceptors (Lipinski definition) is 4. The van der Waals surface area contributed by atoms with Crippen LogP contribution in [-0.2, 0) is 10.2 Å². The zero-order valence-electron chi connectivity index (χ0n) is 12.5. The lowest BCUT2D eigenvalue weighted by molar-refractivity contribution is -0.121. The van der Waals surface area contributed by atoms with Gasteiger partial charge in [0, 0.05) is 18.4 Å². The summed E-state index contributed by atoms with van der Waals surface area (Å²) in [6.07, 6.45) is 1.20. The second-order valence-corrected chi connectivity index (χ2v) is 5.62. The summed E-state index contributed by atoms with van der Waals surface area (Å²) in [4.78, 5) is 11.7. The van der Waals surface area contributed by atoms with Gasteiger partial charge in [-0.1, -0.05) is 19.9 Å². The van der Waals surface area contributed by atoms with E-state index in [9.17, 15) is 4.79 Å². The highest BCUT2D eigenvalue weighted by molar-refractivity contribution is 5.85. The number of rotatable bonds is 6. The van der Waals surface area contributed by atoms with Crippen LogP contribution in [0.15, 0.2) is 18.2 Å². The van der Waals surface area contributed by atoms with Gasteiger partial charge in [0.05, 0.1) is 0 Å². The Labute approximate surface area is 131 Å². The maximum absolute atomic E-state index is 11.7. The first kappa shape index (κ1) is 17.6. The Bertz CT molecular complexity index is 492. The van der Waals surface area contributed by atoms with Crippen LogP contribution in [0.4, 0.5) is 0 Å². The molecule has 2 rings (SSSR count). The van der Waals surface area contributed by atoms with Crippen molar-refractivity contribution in [3.63, 3.8) is 0 Å². The van der Waals surface area contributed by atoms with Crippen LogP contribution >= 0.6 is 12.4 Å². The molecule has 0 saturated carbocycles. The molecule has 0 bridgehead atoms. The van der Waals surface area contributed by atoms with Crippen LogP contribution in [-0.4, -0.2) is 25.8 Å². The van der Waals surface area contributed by atoms with Crippen LogP contribution in [0.3, 0.4) is 0 Å². The number of hydrogen-bond donors (Lipinski definition) is 2. The van der Waals surface area contributed by atoms with Crippen LogP contribution in [0.5, 0.6) is 11.5 Å². The molecule has 0 unspecified atom stereocenters. The summed E-state index contributed by atoms with van der Waals surface area (Å²) in [6, 6.07) is 5.91. The summed E-state index contributed by atoms with van der Waals surface area (Å²) in [5, 5.41) is 2.96. The van der Waals surface area contributed by atoms with Crippen molar-refractivity contribution >= 4 is 18.3 Å². The highest BCUT2D eigenvalue weighted by Gasteiger charge is 2.24. The third-order valence-electron chi connectivity index (χ3n) is 3.49. The predicted octanol–water partition coefficient (Wildman–Crippen LogP) is 1.97. The van der Waals surface area contributed by atoms with Crippen molar-refractivity contribution in [1.82, 2.24) is 5.32 Å². The fourth-order valence-electron chi connectivity index (χ4n) is 2.09. The van der Waals surface area contributed by atoms with Crippen molar-refractivity contribution in [2.45, 2.75) is 32.1 Å². The zero-order valence-corrected chi connectivity index (χ0v) is 13.3. The van der Waals surface area contributed by atoms with E-state index in [2.05, 4.69) is 19.2 Å². The number of carbonyl (C=O) groups is 1. The van der Waals surface area contributed by atoms with Crippen LogP contribution in [0.1, 0.15) is 32.3 Å². The zero-order chi connectivity index (χ0) is 14.6. The van der Waals surface area contributed by atoms with Gasteiger partial charge in [-0.05, 0) is 30.7 Å². The molecule has 1 aromatic rings. The fourth-order valence-corrected chi connectivity index (χ4v) is 2.09. The van der Waals surface area contributed by atoms with Crippen LogP contribution in [0.25, 0.3) is 0 Å². The summed E-state index contributed by atoms with van der Waals surface area (Å²) in [5.41, 5.74) is 6.34. The molecule has 1 aliphatic heterocycles. The third kappa shape index (κ3) is 4.51. The molecule has 21 heavy (non-hydrogen) atoms. The summed E-state index contributed by atoms with van der Waals surface area (Å²) in [7, 11) is 0. The molecule has 3 N–H and O–H groups in total. The fraction of sp³-hybridized carbons (Fsp3) is 0.533. The maximum atomic E-state index is 11.7. The van der Waals surface area contributed by atoms with E-state index < -0.39 is 0 Å². The topological polar surface area (TPSA) is 73.6 Å². The standard InChI is InChI=1S/C15H22N2O3.ClH/c1-15(2,9-17-14(18)4-3-7-16)11-5-6-12-13(8-11)20-10-19-12;/h5-6,8H,3-4,7,9-10,16H2,1-2H3,(H,17,18);1H. The Morgan fingerprint density at radius 3 is 2.76 bits per heavy atom. The van der Waals surface area contributed by atoms with E-state index in [1.165, 1.54) is 0 Å². The summed E-state index contributed by atoms with van der Waals surface area (Å²) in [5.74, 6) is 1.59. The Hall–Kier alpha value is -1.46. The first-order valence-corrected chi connectivity index (χ1v) is 6.90. The first-order valence-electron chi connectivity index (χ1n) is 6.90. The molecule has 0 fully saturated rings. The molecule has 5 nitrogen and oxygen atoms in total. The molecular weight excluding hydrogens is 292 g/mol. The van der Waals surface area contributed by atoms with Gasteiger partial charge in [-0.3, -0.25) is 4.79 Å². The van der Waals surface area contributed by atoms with Crippen LogP contribution < -0.4 is 20.5 Å². The highest BCUT2D eigenvalue weighted by atomic mass is 35.5. The van der Waals surface area contributed by atoms with Gasteiger partial charge >= 0.3 is 0 Å². The van der Waals surface area contributed by atoms with Gasteiger partial charge in [-0.15, -0.1) is 12.4 Å². The van der Waals surface area contributed by atoms with Crippen molar-refractivity contribution < 1.29 is 14.3 Å². The molecule has 0 radical (unpaired) electrons. The van der Waals surface area contributed by atoms with Crippen LogP contribution in [0.2, 0.25) is 0 Å². The normalized spacial score (nSPS) is 12.7. The van der Waals surface area contributed by atoms with Gasteiger partial charge in [-0.2, -0.15) is 0 Å². The second kappa shape index (κ2) is 7.52. The van der Waals surface area contributed by atoms with E-state index in [0.29, 0.717) is 19.5 Å². The van der Waals surface area contributed by atoms with E-state index in [4.69, 9.17) is 15.2 Å². The molecule has 0 spiro atoms. The predicted molar refractivity (Wildman–Crippen MR) is 84.1 cm³/mol. The Morgan fingerprint density at radius 2 is 2.05 bits per heavy atom. The van der Waals surface area contributed by atoms with Crippen LogP contribution in [0, 0.1) is 0 Å². The average Bonchev–Trinajstić information content (AvgIpc) is 2.90. The highest BCUT2D eigenvalue weighted by Crippen LogP contribution is 2.36. The minimum Gasteiger partial charge on any atom is -0.454 e. The first-order chi connectivity index (χ1) is 9.53. The van der Waals surface area contributed by atoms with Gasteiger partial charge in [0.1, 0.15) is 0 Å². The summed E-state index contributed by atoms with van der Waals surface area (Å²) in [6.45, 7) is 5.57. The largest absolute Gasteiger partial charge is 0.454 e. The Morgan fingerprint density at radius 1 is 1.33 bits per heavy atom. The quantitative estimate of drug-likeness (QED) is 0.842. The molecule has 6 heteroatoms. The van der Waals surface area contributed by atoms with E-state index >= 15 is 0 Å². The van der Waals surface area contributed by atoms with Gasteiger partial charge in [0.2, 0.25) is 12.7 Å². The Balaban J connectivity index is 0.00000220. The number of fused-ring (bicyclic) bond motifs is 1. The monoisotopic (exact) mass is 314 g/mol.